The first-order chi connectivity index (χ1) is 15.2. The fourth-order valence-corrected chi connectivity index (χ4v) is 4.30. The highest BCUT2D eigenvalue weighted by molar-refractivity contribution is 5.81. The second-order valence-corrected chi connectivity index (χ2v) is 8.14. The summed E-state index contributed by atoms with van der Waals surface area (Å²) in [5.74, 6) is 1.26. The number of allylic oxidation sites excluding steroid dienone is 2. The number of carbonyl (C=O) groups excluding carboxylic acids is 1. The summed E-state index contributed by atoms with van der Waals surface area (Å²) < 4.78 is 7.74. The number of amides is 1. The number of aromatic nitrogens is 2. The molecular weight excluding hydrogens is 386 g/mol. The quantitative estimate of drug-likeness (QED) is 0.575. The summed E-state index contributed by atoms with van der Waals surface area (Å²) in [6.07, 6.45) is 13.4. The Morgan fingerprint density at radius 1 is 1.19 bits per heavy atom. The topological polar surface area (TPSA) is 47.4 Å². The molecule has 0 spiro atoms. The van der Waals surface area contributed by atoms with E-state index in [4.69, 9.17) is 4.74 Å². The Bertz CT molecular complexity index is 1120. The van der Waals surface area contributed by atoms with E-state index < -0.39 is 0 Å². The number of carbonyl (C=O) groups is 1. The lowest BCUT2D eigenvalue weighted by atomic mass is 9.96. The second kappa shape index (κ2) is 7.91. The van der Waals surface area contributed by atoms with Crippen molar-refractivity contribution in [2.45, 2.75) is 18.4 Å². The van der Waals surface area contributed by atoms with Crippen molar-refractivity contribution in [3.05, 3.63) is 97.1 Å². The van der Waals surface area contributed by atoms with Gasteiger partial charge in [0.2, 0.25) is 5.91 Å². The summed E-state index contributed by atoms with van der Waals surface area (Å²) in [6, 6.07) is 18.2. The smallest absolute Gasteiger partial charge is 0.226 e. The van der Waals surface area contributed by atoms with Crippen molar-refractivity contribution >= 4 is 11.5 Å². The molecule has 0 saturated heterocycles. The van der Waals surface area contributed by atoms with Crippen molar-refractivity contribution in [3.8, 4) is 11.4 Å². The summed E-state index contributed by atoms with van der Waals surface area (Å²) >= 11 is 0. The van der Waals surface area contributed by atoms with Crippen LogP contribution in [0.5, 0.6) is 5.75 Å². The third-order valence-corrected chi connectivity index (χ3v) is 6.29. The van der Waals surface area contributed by atoms with Crippen LogP contribution in [0.1, 0.15) is 18.4 Å². The first kappa shape index (κ1) is 19.4. The summed E-state index contributed by atoms with van der Waals surface area (Å²) in [5.41, 5.74) is 3.32. The van der Waals surface area contributed by atoms with E-state index in [1.54, 1.807) is 12.5 Å². The fraction of sp³-hybridized carbons (Fsp3) is 0.231. The molecule has 0 aliphatic heterocycles. The van der Waals surface area contributed by atoms with E-state index in [2.05, 4.69) is 47.5 Å². The van der Waals surface area contributed by atoms with E-state index in [1.165, 1.54) is 11.1 Å². The normalized spacial score (nSPS) is 21.2. The number of hydrogen-bond acceptors (Lipinski definition) is 3. The van der Waals surface area contributed by atoms with Gasteiger partial charge in [-0.3, -0.25) is 4.79 Å². The molecule has 0 bridgehead atoms. The van der Waals surface area contributed by atoms with Gasteiger partial charge in [0, 0.05) is 31.0 Å². The zero-order chi connectivity index (χ0) is 21.3. The van der Waals surface area contributed by atoms with Crippen LogP contribution in [0.4, 0.5) is 0 Å². The number of imidazole rings is 1. The largest absolute Gasteiger partial charge is 0.493 e. The van der Waals surface area contributed by atoms with Crippen LogP contribution in [-0.2, 0) is 4.79 Å². The lowest BCUT2D eigenvalue weighted by Crippen LogP contribution is -2.40. The lowest BCUT2D eigenvalue weighted by molar-refractivity contribution is -0.132. The molecular formula is C26H25N3O2. The highest BCUT2D eigenvalue weighted by atomic mass is 16.5. The molecule has 2 aliphatic rings. The van der Waals surface area contributed by atoms with E-state index in [0.29, 0.717) is 18.9 Å². The monoisotopic (exact) mass is 411 g/mol. The zero-order valence-electron chi connectivity index (χ0n) is 17.5. The number of fused-ring (bicyclic) bond motifs is 1. The Kier molecular flexibility index (Phi) is 4.94. The maximum absolute atomic E-state index is 12.8. The van der Waals surface area contributed by atoms with E-state index in [0.717, 1.165) is 17.9 Å². The summed E-state index contributed by atoms with van der Waals surface area (Å²) in [5, 5.41) is 0. The van der Waals surface area contributed by atoms with Crippen molar-refractivity contribution in [2.75, 3.05) is 13.7 Å². The molecule has 156 valence electrons. The van der Waals surface area contributed by atoms with Crippen molar-refractivity contribution in [1.82, 2.24) is 14.5 Å². The molecule has 2 aromatic carbocycles. The Hall–Kier alpha value is -3.60. The van der Waals surface area contributed by atoms with Gasteiger partial charge in [-0.25, -0.2) is 4.98 Å². The van der Waals surface area contributed by atoms with Crippen LogP contribution in [0, 0.1) is 5.92 Å². The van der Waals surface area contributed by atoms with E-state index >= 15 is 0 Å². The first-order valence-corrected chi connectivity index (χ1v) is 10.6. The molecule has 5 heteroatoms. The van der Waals surface area contributed by atoms with Crippen molar-refractivity contribution in [3.63, 3.8) is 0 Å². The standard InChI is InChI=1S/C26H25N3O2/c1-28(26-13-11-21(17-22(26)18-26)20-5-3-2-4-6-20)25(30)12-16-31-24-9-7-23(8-10-24)29-15-14-27-19-29/h2-11,13-15,17,19,22H,12,16,18H2,1H3. The lowest BCUT2D eigenvalue weighted by Gasteiger charge is -2.28. The summed E-state index contributed by atoms with van der Waals surface area (Å²) in [6.45, 7) is 0.364. The fourth-order valence-electron chi connectivity index (χ4n) is 4.30. The van der Waals surface area contributed by atoms with Crippen LogP contribution in [0.25, 0.3) is 11.3 Å². The molecule has 1 amide bonds. The molecule has 31 heavy (non-hydrogen) atoms. The minimum Gasteiger partial charge on any atom is -0.493 e. The molecule has 2 aliphatic carbocycles. The highest BCUT2D eigenvalue weighted by Gasteiger charge is 2.56. The number of rotatable bonds is 7. The zero-order valence-corrected chi connectivity index (χ0v) is 17.5. The van der Waals surface area contributed by atoms with Crippen molar-refractivity contribution < 1.29 is 9.53 Å². The van der Waals surface area contributed by atoms with Gasteiger partial charge in [-0.15, -0.1) is 0 Å². The Balaban J connectivity index is 1.14. The molecule has 3 aromatic rings. The predicted octanol–water partition coefficient (Wildman–Crippen LogP) is 4.51. The molecule has 1 fully saturated rings. The van der Waals surface area contributed by atoms with Gasteiger partial charge in [0.15, 0.2) is 0 Å². The average molecular weight is 412 g/mol. The molecule has 5 rings (SSSR count). The van der Waals surface area contributed by atoms with Crippen LogP contribution >= 0.6 is 0 Å². The highest BCUT2D eigenvalue weighted by Crippen LogP contribution is 2.54. The SMILES string of the molecule is CN(C(=O)CCOc1ccc(-n2ccnc2)cc1)C12C=CC(c3ccccc3)=CC1C2. The van der Waals surface area contributed by atoms with Gasteiger partial charge >= 0.3 is 0 Å². The molecule has 1 aromatic heterocycles. The Labute approximate surface area is 182 Å². The molecule has 1 heterocycles. The third-order valence-electron chi connectivity index (χ3n) is 6.29. The van der Waals surface area contributed by atoms with Gasteiger partial charge in [-0.2, -0.15) is 0 Å². The number of hydrogen-bond donors (Lipinski definition) is 0. The number of benzene rings is 2. The molecule has 2 atom stereocenters. The predicted molar refractivity (Wildman–Crippen MR) is 121 cm³/mol. The van der Waals surface area contributed by atoms with Crippen LogP contribution in [0.15, 0.2) is 91.5 Å². The van der Waals surface area contributed by atoms with Gasteiger partial charge in [-0.1, -0.05) is 48.6 Å². The maximum Gasteiger partial charge on any atom is 0.226 e. The van der Waals surface area contributed by atoms with Crippen LogP contribution in [0.3, 0.4) is 0 Å². The summed E-state index contributed by atoms with van der Waals surface area (Å²) in [7, 11) is 1.91. The van der Waals surface area contributed by atoms with Gasteiger partial charge in [-0.05, 0) is 41.8 Å². The minimum absolute atomic E-state index is 0.110. The van der Waals surface area contributed by atoms with Gasteiger partial charge in [0.05, 0.1) is 24.9 Å². The number of nitrogens with zero attached hydrogens (tertiary/aromatic N) is 3. The molecule has 5 nitrogen and oxygen atoms in total. The van der Waals surface area contributed by atoms with Gasteiger partial charge < -0.3 is 14.2 Å². The van der Waals surface area contributed by atoms with Crippen LogP contribution < -0.4 is 4.74 Å². The average Bonchev–Trinajstić information content (AvgIpc) is 3.30. The molecule has 0 N–H and O–H groups in total. The van der Waals surface area contributed by atoms with Gasteiger partial charge in [0.1, 0.15) is 5.75 Å². The maximum atomic E-state index is 12.8. The summed E-state index contributed by atoms with van der Waals surface area (Å²) in [4.78, 5) is 18.8. The van der Waals surface area contributed by atoms with E-state index in [1.807, 2.05) is 53.0 Å². The van der Waals surface area contributed by atoms with Crippen LogP contribution in [0.2, 0.25) is 0 Å². The first-order valence-electron chi connectivity index (χ1n) is 10.6. The van der Waals surface area contributed by atoms with Crippen LogP contribution in [-0.4, -0.2) is 39.6 Å². The number of ether oxygens (including phenoxy) is 1. The minimum atomic E-state index is -0.165. The molecule has 0 radical (unpaired) electrons. The van der Waals surface area contributed by atoms with Crippen molar-refractivity contribution in [2.24, 2.45) is 5.92 Å². The van der Waals surface area contributed by atoms with E-state index in [-0.39, 0.29) is 11.4 Å². The second-order valence-electron chi connectivity index (χ2n) is 8.14. The third kappa shape index (κ3) is 3.79. The molecule has 2 unspecified atom stereocenters. The Morgan fingerprint density at radius 2 is 2.00 bits per heavy atom. The Morgan fingerprint density at radius 3 is 2.71 bits per heavy atom. The molecule has 1 saturated carbocycles. The van der Waals surface area contributed by atoms with E-state index in [9.17, 15) is 4.79 Å². The van der Waals surface area contributed by atoms with Gasteiger partial charge in [0.25, 0.3) is 0 Å². The number of likely N-dealkylation sites (N-methyl/N-ethyl adjacent to an activating group) is 1. The van der Waals surface area contributed by atoms with Crippen molar-refractivity contribution in [1.29, 1.82) is 0 Å².